The first kappa shape index (κ1) is 35.2. The summed E-state index contributed by atoms with van der Waals surface area (Å²) in [4.78, 5) is 30.0. The number of likely N-dealkylation sites (tertiary alicyclic amines) is 1. The van der Waals surface area contributed by atoms with Gasteiger partial charge in [0.1, 0.15) is 11.1 Å². The van der Waals surface area contributed by atoms with E-state index in [9.17, 15) is 31.5 Å². The highest BCUT2D eigenvalue weighted by molar-refractivity contribution is 7.81. The van der Waals surface area contributed by atoms with Crippen molar-refractivity contribution >= 4 is 30.3 Å². The molecule has 2 heterocycles. The van der Waals surface area contributed by atoms with E-state index >= 15 is 0 Å². The molecule has 1 aromatic carbocycles. The van der Waals surface area contributed by atoms with Crippen LogP contribution in [-0.2, 0) is 20.4 Å². The standard InChI is InChI=1S/C31H41F5N4O4S/c1-28(2,3)44-27(42)38-14-12-20(30(32,33)18-38)13-15-43-23-10-8-21(9-11-23)40-26(45)39(25(41)29(40,4)5)22-7-6-19(17-37)24(16-22)31(34,35)36/h6-7,16,20-21,23,26,45H,8-15,18H2,1-5H3/t20-,21?,23?,26+/m1/s1. The largest absolute Gasteiger partial charge is 0.444 e. The lowest BCUT2D eigenvalue weighted by molar-refractivity contribution is -0.137. The zero-order chi connectivity index (χ0) is 33.5. The molecule has 3 fully saturated rings. The third-order valence-corrected chi connectivity index (χ3v) is 9.31. The second kappa shape index (κ2) is 12.9. The number of piperidine rings is 1. The van der Waals surface area contributed by atoms with E-state index in [1.165, 1.54) is 11.0 Å². The molecule has 0 radical (unpaired) electrons. The molecule has 2 atom stereocenters. The molecule has 1 aromatic rings. The van der Waals surface area contributed by atoms with E-state index in [2.05, 4.69) is 12.6 Å². The van der Waals surface area contributed by atoms with Crippen LogP contribution in [-0.4, -0.2) is 76.2 Å². The Morgan fingerprint density at radius 1 is 1.11 bits per heavy atom. The number of carbonyl (C=O) groups excluding carboxylic acids is 2. The monoisotopic (exact) mass is 660 g/mol. The number of rotatable bonds is 6. The molecule has 0 aromatic heterocycles. The van der Waals surface area contributed by atoms with Crippen LogP contribution in [0.15, 0.2) is 18.2 Å². The Bertz CT molecular complexity index is 1300. The summed E-state index contributed by atoms with van der Waals surface area (Å²) < 4.78 is 81.9. The third kappa shape index (κ3) is 7.68. The summed E-state index contributed by atoms with van der Waals surface area (Å²) in [6.07, 6.45) is -2.88. The lowest BCUT2D eigenvalue weighted by Crippen LogP contribution is -2.52. The molecule has 4 rings (SSSR count). The van der Waals surface area contributed by atoms with Crippen LogP contribution >= 0.6 is 12.6 Å². The van der Waals surface area contributed by atoms with Gasteiger partial charge in [-0.1, -0.05) is 0 Å². The first-order valence-corrected chi connectivity index (χ1v) is 15.7. The number of anilines is 1. The Morgan fingerprint density at radius 2 is 1.76 bits per heavy atom. The fourth-order valence-electron chi connectivity index (χ4n) is 6.52. The van der Waals surface area contributed by atoms with Gasteiger partial charge in [-0.2, -0.15) is 18.4 Å². The van der Waals surface area contributed by atoms with Crippen LogP contribution < -0.4 is 4.90 Å². The zero-order valence-electron chi connectivity index (χ0n) is 26.2. The van der Waals surface area contributed by atoms with Gasteiger partial charge in [0.15, 0.2) is 0 Å². The Kier molecular flexibility index (Phi) is 10.1. The van der Waals surface area contributed by atoms with Gasteiger partial charge in [-0.15, -0.1) is 12.6 Å². The van der Waals surface area contributed by atoms with Gasteiger partial charge in [0.25, 0.3) is 5.92 Å². The molecular formula is C31H41F5N4O4S. The summed E-state index contributed by atoms with van der Waals surface area (Å²) in [5.41, 5.74) is -4.30. The van der Waals surface area contributed by atoms with E-state index in [1.807, 2.05) is 4.90 Å². The van der Waals surface area contributed by atoms with Crippen molar-refractivity contribution in [3.8, 4) is 6.07 Å². The van der Waals surface area contributed by atoms with Crippen molar-refractivity contribution in [2.45, 2.75) is 114 Å². The molecule has 2 aliphatic heterocycles. The number of benzene rings is 1. The molecule has 2 amide bonds. The third-order valence-electron chi connectivity index (χ3n) is 8.83. The summed E-state index contributed by atoms with van der Waals surface area (Å²) in [6.45, 7) is 8.13. The fourth-order valence-corrected chi connectivity index (χ4v) is 7.24. The number of ether oxygens (including phenoxy) is 2. The van der Waals surface area contributed by atoms with Crippen molar-refractivity contribution in [1.82, 2.24) is 9.80 Å². The number of hydrogen-bond acceptors (Lipinski definition) is 7. The highest BCUT2D eigenvalue weighted by atomic mass is 32.1. The van der Waals surface area contributed by atoms with Crippen LogP contribution in [0.2, 0.25) is 0 Å². The summed E-state index contributed by atoms with van der Waals surface area (Å²) in [6, 6.07) is 4.64. The molecule has 1 aliphatic carbocycles. The maximum atomic E-state index is 14.9. The van der Waals surface area contributed by atoms with Gasteiger partial charge in [-0.3, -0.25) is 14.6 Å². The minimum atomic E-state index is -4.77. The number of nitrogens with zero attached hydrogens (tertiary/aromatic N) is 4. The molecule has 2 saturated heterocycles. The molecule has 14 heteroatoms. The van der Waals surface area contributed by atoms with E-state index < -0.39 is 64.3 Å². The normalized spacial score (nSPS) is 27.4. The first-order chi connectivity index (χ1) is 20.8. The number of halogens is 5. The van der Waals surface area contributed by atoms with Gasteiger partial charge in [0.2, 0.25) is 5.91 Å². The van der Waals surface area contributed by atoms with Gasteiger partial charge >= 0.3 is 12.3 Å². The van der Waals surface area contributed by atoms with Gasteiger partial charge in [0.05, 0.1) is 35.4 Å². The minimum absolute atomic E-state index is 0.00708. The maximum Gasteiger partial charge on any atom is 0.417 e. The van der Waals surface area contributed by atoms with Crippen LogP contribution in [0.1, 0.15) is 84.3 Å². The minimum Gasteiger partial charge on any atom is -0.444 e. The highest BCUT2D eigenvalue weighted by Crippen LogP contribution is 2.43. The molecule has 0 bridgehead atoms. The van der Waals surface area contributed by atoms with Crippen LogP contribution in [0, 0.1) is 17.2 Å². The maximum absolute atomic E-state index is 14.9. The number of nitriles is 1. The van der Waals surface area contributed by atoms with Gasteiger partial charge < -0.3 is 14.4 Å². The lowest BCUT2D eigenvalue weighted by atomic mass is 9.88. The van der Waals surface area contributed by atoms with Crippen LogP contribution in [0.25, 0.3) is 0 Å². The molecular weight excluding hydrogens is 619 g/mol. The van der Waals surface area contributed by atoms with Crippen LogP contribution in [0.5, 0.6) is 0 Å². The van der Waals surface area contributed by atoms with Crippen LogP contribution in [0.4, 0.5) is 32.4 Å². The summed E-state index contributed by atoms with van der Waals surface area (Å²) >= 11 is 4.68. The lowest BCUT2D eigenvalue weighted by Gasteiger charge is -2.42. The Hall–Kier alpha value is -2.63. The van der Waals surface area contributed by atoms with E-state index in [-0.39, 0.29) is 43.8 Å². The van der Waals surface area contributed by atoms with E-state index in [1.54, 1.807) is 40.7 Å². The molecule has 0 spiro atoms. The molecule has 0 unspecified atom stereocenters. The van der Waals surface area contributed by atoms with Crippen molar-refractivity contribution in [2.24, 2.45) is 5.92 Å². The van der Waals surface area contributed by atoms with Crippen molar-refractivity contribution < 1.29 is 41.0 Å². The second-order valence-corrected chi connectivity index (χ2v) is 14.0. The van der Waals surface area contributed by atoms with Gasteiger partial charge in [-0.05, 0) is 91.3 Å². The van der Waals surface area contributed by atoms with Crippen molar-refractivity contribution in [3.63, 3.8) is 0 Å². The predicted molar refractivity (Wildman–Crippen MR) is 160 cm³/mol. The zero-order valence-corrected chi connectivity index (χ0v) is 27.1. The smallest absolute Gasteiger partial charge is 0.417 e. The number of thiol groups is 1. The second-order valence-electron chi connectivity index (χ2n) is 13.6. The Labute approximate surface area is 266 Å². The quantitative estimate of drug-likeness (QED) is 0.266. The van der Waals surface area contributed by atoms with Gasteiger partial charge in [0, 0.05) is 30.8 Å². The molecule has 1 saturated carbocycles. The van der Waals surface area contributed by atoms with Crippen molar-refractivity contribution in [2.75, 3.05) is 24.6 Å². The molecule has 45 heavy (non-hydrogen) atoms. The molecule has 3 aliphatic rings. The first-order valence-electron chi connectivity index (χ1n) is 15.1. The summed E-state index contributed by atoms with van der Waals surface area (Å²) in [7, 11) is 0. The van der Waals surface area contributed by atoms with E-state index in [4.69, 9.17) is 14.7 Å². The average Bonchev–Trinajstić information content (AvgIpc) is 3.10. The summed E-state index contributed by atoms with van der Waals surface area (Å²) in [5, 5.41) is 9.15. The number of carbonyl (C=O) groups is 2. The average molecular weight is 661 g/mol. The number of hydrogen-bond donors (Lipinski definition) is 1. The van der Waals surface area contributed by atoms with E-state index in [0.29, 0.717) is 25.7 Å². The molecule has 0 N–H and O–H groups in total. The van der Waals surface area contributed by atoms with Crippen molar-refractivity contribution in [1.29, 1.82) is 5.26 Å². The van der Waals surface area contributed by atoms with E-state index in [0.717, 1.165) is 17.0 Å². The number of amides is 2. The Morgan fingerprint density at radius 3 is 2.31 bits per heavy atom. The fraction of sp³-hybridized carbons (Fsp3) is 0.710. The Balaban J connectivity index is 1.32. The predicted octanol–water partition coefficient (Wildman–Crippen LogP) is 6.83. The summed E-state index contributed by atoms with van der Waals surface area (Å²) in [5.74, 6) is -4.38. The topological polar surface area (TPSA) is 86.1 Å². The molecule has 8 nitrogen and oxygen atoms in total. The van der Waals surface area contributed by atoms with Crippen molar-refractivity contribution in [3.05, 3.63) is 29.3 Å². The number of alkyl halides is 5. The van der Waals surface area contributed by atoms with Crippen LogP contribution in [0.3, 0.4) is 0 Å². The SMILES string of the molecule is CC(C)(C)OC(=O)N1CC[C@H](CCOC2CCC(N3[C@@H](S)N(c4ccc(C#N)c(C(F)(F)F)c4)C(=O)C3(C)C)CC2)C(F)(F)C1. The molecule has 250 valence electrons. The highest BCUT2D eigenvalue weighted by Gasteiger charge is 2.54. The van der Waals surface area contributed by atoms with Gasteiger partial charge in [-0.25, -0.2) is 13.6 Å².